The summed E-state index contributed by atoms with van der Waals surface area (Å²) in [5.74, 6) is 0.636. The van der Waals surface area contributed by atoms with Crippen molar-refractivity contribution in [3.05, 3.63) is 87.9 Å². The van der Waals surface area contributed by atoms with Crippen LogP contribution in [0.1, 0.15) is 11.3 Å². The third-order valence-corrected chi connectivity index (χ3v) is 6.34. The lowest BCUT2D eigenvalue weighted by Crippen LogP contribution is -2.21. The summed E-state index contributed by atoms with van der Waals surface area (Å²) in [5, 5.41) is 3.25. The number of pyridine rings is 1. The normalized spacial score (nSPS) is 11.5. The minimum atomic E-state index is -0.0363. The fourth-order valence-corrected chi connectivity index (χ4v) is 4.91. The van der Waals surface area contributed by atoms with Crippen molar-refractivity contribution in [2.45, 2.75) is 17.8 Å². The Hall–Kier alpha value is -2.90. The van der Waals surface area contributed by atoms with Crippen LogP contribution in [0, 0.1) is 6.92 Å². The molecule has 28 heavy (non-hydrogen) atoms. The van der Waals surface area contributed by atoms with Crippen molar-refractivity contribution >= 4 is 39.0 Å². The van der Waals surface area contributed by atoms with Gasteiger partial charge in [-0.25, -0.2) is 9.97 Å². The van der Waals surface area contributed by atoms with E-state index in [1.165, 1.54) is 23.1 Å². The van der Waals surface area contributed by atoms with Crippen LogP contribution in [0.5, 0.6) is 0 Å². The fourth-order valence-electron chi connectivity index (χ4n) is 3.21. The monoisotopic (exact) mass is 404 g/mol. The highest BCUT2D eigenvalue weighted by molar-refractivity contribution is 7.98. The zero-order valence-corrected chi connectivity index (χ0v) is 16.7. The van der Waals surface area contributed by atoms with Gasteiger partial charge in [-0.1, -0.05) is 36.0 Å². The predicted octanol–water partition coefficient (Wildman–Crippen LogP) is 4.70. The molecule has 4 aromatic heterocycles. The van der Waals surface area contributed by atoms with E-state index in [9.17, 15) is 4.79 Å². The first-order valence-electron chi connectivity index (χ1n) is 8.82. The first-order chi connectivity index (χ1) is 13.7. The van der Waals surface area contributed by atoms with E-state index in [1.807, 2.05) is 64.6 Å². The van der Waals surface area contributed by atoms with E-state index in [0.29, 0.717) is 16.3 Å². The maximum absolute atomic E-state index is 13.1. The lowest BCUT2D eigenvalue weighted by atomic mass is 10.3. The van der Waals surface area contributed by atoms with Gasteiger partial charge in [-0.2, -0.15) is 0 Å². The molecular weight excluding hydrogens is 388 g/mol. The van der Waals surface area contributed by atoms with Crippen molar-refractivity contribution in [3.8, 4) is 5.69 Å². The highest BCUT2D eigenvalue weighted by Gasteiger charge is 2.15. The van der Waals surface area contributed by atoms with Gasteiger partial charge in [0.25, 0.3) is 5.56 Å². The first kappa shape index (κ1) is 17.2. The Morgan fingerprint density at radius 2 is 1.93 bits per heavy atom. The molecule has 0 aliphatic rings. The number of thiophene rings is 1. The zero-order chi connectivity index (χ0) is 19.1. The average molecular weight is 405 g/mol. The van der Waals surface area contributed by atoms with Gasteiger partial charge in [-0.3, -0.25) is 9.36 Å². The Kier molecular flexibility index (Phi) is 4.26. The van der Waals surface area contributed by atoms with Gasteiger partial charge in [-0.15, -0.1) is 11.3 Å². The number of aromatic nitrogens is 4. The predicted molar refractivity (Wildman–Crippen MR) is 115 cm³/mol. The summed E-state index contributed by atoms with van der Waals surface area (Å²) >= 11 is 3.02. The van der Waals surface area contributed by atoms with Gasteiger partial charge in [-0.05, 0) is 42.1 Å². The van der Waals surface area contributed by atoms with Gasteiger partial charge in [0.05, 0.1) is 16.8 Å². The molecule has 0 radical (unpaired) electrons. The number of aryl methyl sites for hydroxylation is 1. The molecule has 1 aromatic carbocycles. The largest absolute Gasteiger partial charge is 0.307 e. The molecule has 0 N–H and O–H groups in total. The number of imidazole rings is 1. The quantitative estimate of drug-likeness (QED) is 0.322. The highest BCUT2D eigenvalue weighted by atomic mass is 32.2. The molecular formula is C21H16N4OS2. The topological polar surface area (TPSA) is 52.2 Å². The summed E-state index contributed by atoms with van der Waals surface area (Å²) in [5.41, 5.74) is 3.84. The number of rotatable bonds is 4. The first-order valence-corrected chi connectivity index (χ1v) is 10.7. The van der Waals surface area contributed by atoms with Gasteiger partial charge in [0, 0.05) is 18.1 Å². The van der Waals surface area contributed by atoms with Crippen LogP contribution < -0.4 is 5.56 Å². The average Bonchev–Trinajstić information content (AvgIpc) is 3.34. The van der Waals surface area contributed by atoms with E-state index in [0.717, 1.165) is 27.4 Å². The number of fused-ring (bicyclic) bond motifs is 2. The number of hydrogen-bond donors (Lipinski definition) is 0. The summed E-state index contributed by atoms with van der Waals surface area (Å²) < 4.78 is 3.73. The molecule has 5 rings (SSSR count). The molecule has 0 atom stereocenters. The third kappa shape index (κ3) is 2.93. The SMILES string of the molecule is Cc1cccn2cc(CSc3nc4sccc4c(=O)n3-c3ccccc3)nc12. The molecule has 0 aliphatic heterocycles. The lowest BCUT2D eigenvalue weighted by molar-refractivity contribution is 0.822. The second-order valence-corrected chi connectivity index (χ2v) is 8.29. The Morgan fingerprint density at radius 1 is 1.07 bits per heavy atom. The maximum atomic E-state index is 13.1. The number of nitrogens with zero attached hydrogens (tertiary/aromatic N) is 4. The van der Waals surface area contributed by atoms with Crippen LogP contribution in [0.4, 0.5) is 0 Å². The molecule has 0 saturated heterocycles. The Balaban J connectivity index is 1.57. The lowest BCUT2D eigenvalue weighted by Gasteiger charge is -2.11. The minimum absolute atomic E-state index is 0.0363. The molecule has 0 amide bonds. The van der Waals surface area contributed by atoms with Crippen molar-refractivity contribution in [3.63, 3.8) is 0 Å². The van der Waals surface area contributed by atoms with Crippen molar-refractivity contribution in [2.24, 2.45) is 0 Å². The molecule has 0 spiro atoms. The molecule has 0 bridgehead atoms. The van der Waals surface area contributed by atoms with E-state index in [4.69, 9.17) is 9.97 Å². The van der Waals surface area contributed by atoms with Gasteiger partial charge in [0.2, 0.25) is 0 Å². The van der Waals surface area contributed by atoms with Crippen molar-refractivity contribution in [2.75, 3.05) is 0 Å². The maximum Gasteiger partial charge on any atom is 0.267 e. The van der Waals surface area contributed by atoms with E-state index >= 15 is 0 Å². The van der Waals surface area contributed by atoms with Crippen LogP contribution in [0.2, 0.25) is 0 Å². The smallest absolute Gasteiger partial charge is 0.267 e. The van der Waals surface area contributed by atoms with Crippen molar-refractivity contribution < 1.29 is 0 Å². The number of thioether (sulfide) groups is 1. The third-order valence-electron chi connectivity index (χ3n) is 4.56. The Bertz CT molecular complexity index is 1350. The number of para-hydroxylation sites is 1. The Morgan fingerprint density at radius 3 is 2.75 bits per heavy atom. The van der Waals surface area contributed by atoms with Crippen LogP contribution in [-0.2, 0) is 5.75 Å². The van der Waals surface area contributed by atoms with Crippen LogP contribution in [0.25, 0.3) is 21.6 Å². The van der Waals surface area contributed by atoms with Gasteiger partial charge in [0.15, 0.2) is 5.16 Å². The summed E-state index contributed by atoms with van der Waals surface area (Å²) in [7, 11) is 0. The fraction of sp³-hybridized carbons (Fsp3) is 0.0952. The standard InChI is InChI=1S/C21H16N4OS2/c1-14-6-5-10-24-12-15(22-18(14)24)13-28-21-23-19-17(9-11-27-19)20(26)25(21)16-7-3-2-4-8-16/h2-12H,13H2,1H3. The highest BCUT2D eigenvalue weighted by Crippen LogP contribution is 2.26. The molecule has 0 saturated carbocycles. The van der Waals surface area contributed by atoms with E-state index < -0.39 is 0 Å². The van der Waals surface area contributed by atoms with Gasteiger partial charge in [0.1, 0.15) is 10.5 Å². The number of hydrogen-bond acceptors (Lipinski definition) is 5. The van der Waals surface area contributed by atoms with Crippen molar-refractivity contribution in [1.82, 2.24) is 18.9 Å². The summed E-state index contributed by atoms with van der Waals surface area (Å²) in [4.78, 5) is 23.4. The van der Waals surface area contributed by atoms with Crippen LogP contribution >= 0.6 is 23.1 Å². The summed E-state index contributed by atoms with van der Waals surface area (Å²) in [6.45, 7) is 2.05. The summed E-state index contributed by atoms with van der Waals surface area (Å²) in [6.07, 6.45) is 4.03. The van der Waals surface area contributed by atoms with Crippen molar-refractivity contribution in [1.29, 1.82) is 0 Å². The summed E-state index contributed by atoms with van der Waals surface area (Å²) in [6, 6.07) is 15.6. The van der Waals surface area contributed by atoms with Crippen LogP contribution in [0.3, 0.4) is 0 Å². The number of benzene rings is 1. The zero-order valence-electron chi connectivity index (χ0n) is 15.1. The molecule has 138 valence electrons. The Labute approximate surface area is 169 Å². The molecule has 0 aliphatic carbocycles. The molecule has 4 heterocycles. The minimum Gasteiger partial charge on any atom is -0.307 e. The van der Waals surface area contributed by atoms with Gasteiger partial charge < -0.3 is 4.40 Å². The molecule has 5 nitrogen and oxygen atoms in total. The molecule has 0 unspecified atom stereocenters. The van der Waals surface area contributed by atoms with Crippen LogP contribution in [0.15, 0.2) is 76.3 Å². The molecule has 7 heteroatoms. The van der Waals surface area contributed by atoms with E-state index in [1.54, 1.807) is 4.57 Å². The molecule has 0 fully saturated rings. The second kappa shape index (κ2) is 6.92. The van der Waals surface area contributed by atoms with E-state index in [-0.39, 0.29) is 5.56 Å². The van der Waals surface area contributed by atoms with E-state index in [2.05, 4.69) is 13.0 Å². The second-order valence-electron chi connectivity index (χ2n) is 6.45. The molecule has 5 aromatic rings. The van der Waals surface area contributed by atoms with Crippen LogP contribution in [-0.4, -0.2) is 18.9 Å². The van der Waals surface area contributed by atoms with Gasteiger partial charge >= 0.3 is 0 Å².